The highest BCUT2D eigenvalue weighted by molar-refractivity contribution is 5.77. The first kappa shape index (κ1) is 21.0. The zero-order valence-electron chi connectivity index (χ0n) is 18.0. The average molecular weight is 417 g/mol. The summed E-state index contributed by atoms with van der Waals surface area (Å²) < 4.78 is 0. The normalized spacial score (nSPS) is 17.0. The van der Waals surface area contributed by atoms with Crippen molar-refractivity contribution in [3.05, 3.63) is 87.8 Å². The molecule has 1 aliphatic heterocycles. The van der Waals surface area contributed by atoms with Gasteiger partial charge in [-0.3, -0.25) is 9.59 Å². The SMILES string of the molecule is Cc1nc(-c2ccccc2)[nH]c(=O)c1CCC(=O)N1CCN(C)CC1c1ccccc1. The van der Waals surface area contributed by atoms with Crippen LogP contribution in [0.4, 0.5) is 0 Å². The van der Waals surface area contributed by atoms with Gasteiger partial charge in [-0.05, 0) is 26.0 Å². The molecule has 1 saturated heterocycles. The van der Waals surface area contributed by atoms with E-state index >= 15 is 0 Å². The van der Waals surface area contributed by atoms with Crippen LogP contribution in [0.15, 0.2) is 65.5 Å². The molecule has 2 aromatic carbocycles. The molecule has 0 saturated carbocycles. The zero-order chi connectivity index (χ0) is 21.8. The smallest absolute Gasteiger partial charge is 0.254 e. The Balaban J connectivity index is 1.49. The fourth-order valence-corrected chi connectivity index (χ4v) is 4.19. The van der Waals surface area contributed by atoms with Crippen molar-refractivity contribution in [3.8, 4) is 11.4 Å². The van der Waals surface area contributed by atoms with Gasteiger partial charge in [0, 0.05) is 42.9 Å². The number of likely N-dealkylation sites (N-methyl/N-ethyl adjacent to an activating group) is 1. The molecule has 2 heterocycles. The van der Waals surface area contributed by atoms with Crippen molar-refractivity contribution < 1.29 is 4.79 Å². The third kappa shape index (κ3) is 4.75. The van der Waals surface area contributed by atoms with Gasteiger partial charge in [0.05, 0.1) is 6.04 Å². The van der Waals surface area contributed by atoms with Crippen LogP contribution in [-0.2, 0) is 11.2 Å². The number of nitrogens with zero attached hydrogens (tertiary/aromatic N) is 3. The van der Waals surface area contributed by atoms with Crippen LogP contribution >= 0.6 is 0 Å². The lowest BCUT2D eigenvalue weighted by atomic mass is 10.0. The molecule has 31 heavy (non-hydrogen) atoms. The molecule has 0 aliphatic carbocycles. The number of aromatic nitrogens is 2. The minimum Gasteiger partial charge on any atom is -0.333 e. The molecule has 0 radical (unpaired) electrons. The lowest BCUT2D eigenvalue weighted by Gasteiger charge is -2.40. The van der Waals surface area contributed by atoms with E-state index in [1.165, 1.54) is 0 Å². The number of piperazine rings is 1. The minimum absolute atomic E-state index is 0.0328. The van der Waals surface area contributed by atoms with Crippen molar-refractivity contribution in [3.63, 3.8) is 0 Å². The maximum Gasteiger partial charge on any atom is 0.254 e. The fraction of sp³-hybridized carbons (Fsp3) is 0.320. The Morgan fingerprint density at radius 2 is 1.74 bits per heavy atom. The molecule has 160 valence electrons. The third-order valence-electron chi connectivity index (χ3n) is 5.95. The second kappa shape index (κ2) is 9.27. The molecule has 1 aromatic heterocycles. The lowest BCUT2D eigenvalue weighted by molar-refractivity contribution is -0.136. The zero-order valence-corrected chi connectivity index (χ0v) is 18.0. The molecule has 1 aliphatic rings. The van der Waals surface area contributed by atoms with Gasteiger partial charge in [-0.25, -0.2) is 4.98 Å². The molecule has 6 nitrogen and oxygen atoms in total. The number of hydrogen-bond acceptors (Lipinski definition) is 4. The molecular weight excluding hydrogens is 388 g/mol. The Labute approximate surface area is 182 Å². The van der Waals surface area contributed by atoms with E-state index in [-0.39, 0.29) is 17.5 Å². The highest BCUT2D eigenvalue weighted by Crippen LogP contribution is 2.26. The molecule has 4 rings (SSSR count). The third-order valence-corrected chi connectivity index (χ3v) is 5.95. The maximum atomic E-state index is 13.1. The Kier molecular flexibility index (Phi) is 6.28. The highest BCUT2D eigenvalue weighted by atomic mass is 16.2. The lowest BCUT2D eigenvalue weighted by Crippen LogP contribution is -2.49. The molecule has 1 fully saturated rings. The van der Waals surface area contributed by atoms with Gasteiger partial charge in [0.1, 0.15) is 5.82 Å². The minimum atomic E-state index is -0.169. The van der Waals surface area contributed by atoms with Gasteiger partial charge in [-0.1, -0.05) is 60.7 Å². The molecule has 1 unspecified atom stereocenters. The van der Waals surface area contributed by atoms with Gasteiger partial charge in [-0.15, -0.1) is 0 Å². The maximum absolute atomic E-state index is 13.1. The largest absolute Gasteiger partial charge is 0.333 e. The van der Waals surface area contributed by atoms with Crippen molar-refractivity contribution in [2.24, 2.45) is 0 Å². The molecule has 1 atom stereocenters. The van der Waals surface area contributed by atoms with Gasteiger partial charge in [-0.2, -0.15) is 0 Å². The molecule has 1 amide bonds. The highest BCUT2D eigenvalue weighted by Gasteiger charge is 2.30. The Hall–Kier alpha value is -3.25. The van der Waals surface area contributed by atoms with E-state index in [9.17, 15) is 9.59 Å². The van der Waals surface area contributed by atoms with Crippen LogP contribution in [0.5, 0.6) is 0 Å². The summed E-state index contributed by atoms with van der Waals surface area (Å²) >= 11 is 0. The van der Waals surface area contributed by atoms with Gasteiger partial charge < -0.3 is 14.8 Å². The molecule has 1 N–H and O–H groups in total. The second-order valence-corrected chi connectivity index (χ2v) is 8.12. The van der Waals surface area contributed by atoms with E-state index in [1.807, 2.05) is 60.4 Å². The Bertz CT molecular complexity index is 1100. The topological polar surface area (TPSA) is 69.3 Å². The first-order valence-electron chi connectivity index (χ1n) is 10.7. The number of hydrogen-bond donors (Lipinski definition) is 1. The summed E-state index contributed by atoms with van der Waals surface area (Å²) in [6, 6.07) is 19.8. The van der Waals surface area contributed by atoms with Gasteiger partial charge in [0.25, 0.3) is 5.56 Å². The van der Waals surface area contributed by atoms with Crippen molar-refractivity contribution in [2.45, 2.75) is 25.8 Å². The predicted octanol–water partition coefficient (Wildman–Crippen LogP) is 3.19. The summed E-state index contributed by atoms with van der Waals surface area (Å²) in [5.41, 5.74) is 3.10. The predicted molar refractivity (Wildman–Crippen MR) is 122 cm³/mol. The monoisotopic (exact) mass is 416 g/mol. The van der Waals surface area contributed by atoms with Crippen LogP contribution in [-0.4, -0.2) is 52.4 Å². The van der Waals surface area contributed by atoms with Crippen molar-refractivity contribution in [1.29, 1.82) is 0 Å². The number of carbonyl (C=O) groups is 1. The Morgan fingerprint density at radius 3 is 2.42 bits per heavy atom. The van der Waals surface area contributed by atoms with E-state index in [1.54, 1.807) is 0 Å². The summed E-state index contributed by atoms with van der Waals surface area (Å²) in [6.07, 6.45) is 0.680. The van der Waals surface area contributed by atoms with Crippen molar-refractivity contribution in [1.82, 2.24) is 19.8 Å². The Morgan fingerprint density at radius 1 is 1.06 bits per heavy atom. The van der Waals surface area contributed by atoms with Crippen LogP contribution in [0.3, 0.4) is 0 Å². The first-order chi connectivity index (χ1) is 15.0. The quantitative estimate of drug-likeness (QED) is 0.694. The van der Waals surface area contributed by atoms with Crippen LogP contribution < -0.4 is 5.56 Å². The number of aryl methyl sites for hydroxylation is 1. The van der Waals surface area contributed by atoms with Gasteiger partial charge in [0.2, 0.25) is 5.91 Å². The number of amides is 1. The van der Waals surface area contributed by atoms with E-state index in [2.05, 4.69) is 34.0 Å². The van der Waals surface area contributed by atoms with E-state index < -0.39 is 0 Å². The second-order valence-electron chi connectivity index (χ2n) is 8.12. The fourth-order valence-electron chi connectivity index (χ4n) is 4.19. The number of rotatable bonds is 5. The first-order valence-corrected chi connectivity index (χ1v) is 10.7. The van der Waals surface area contributed by atoms with E-state index in [0.29, 0.717) is 36.5 Å². The summed E-state index contributed by atoms with van der Waals surface area (Å²) in [6.45, 7) is 4.18. The van der Waals surface area contributed by atoms with E-state index in [4.69, 9.17) is 0 Å². The summed E-state index contributed by atoms with van der Waals surface area (Å²) in [5, 5.41) is 0. The van der Waals surface area contributed by atoms with Crippen LogP contribution in [0.1, 0.15) is 29.3 Å². The molecule has 6 heteroatoms. The number of carbonyl (C=O) groups excluding carboxylic acids is 1. The molecule has 3 aromatic rings. The summed E-state index contributed by atoms with van der Waals surface area (Å²) in [4.78, 5) is 37.5. The van der Waals surface area contributed by atoms with Crippen LogP contribution in [0.25, 0.3) is 11.4 Å². The van der Waals surface area contributed by atoms with Crippen LogP contribution in [0, 0.1) is 6.92 Å². The summed E-state index contributed by atoms with van der Waals surface area (Å²) in [5.74, 6) is 0.634. The standard InChI is InChI=1S/C25H28N4O2/c1-18-21(25(31)27-24(26-18)20-11-7-4-8-12-20)13-14-23(30)29-16-15-28(2)17-22(29)19-9-5-3-6-10-19/h3-12,22H,13-17H2,1-2H3,(H,26,27,31). The number of nitrogens with one attached hydrogen (secondary N) is 1. The average Bonchev–Trinajstić information content (AvgIpc) is 2.79. The number of benzene rings is 2. The number of aromatic amines is 1. The summed E-state index contributed by atoms with van der Waals surface area (Å²) in [7, 11) is 2.08. The van der Waals surface area contributed by atoms with Gasteiger partial charge in [0.15, 0.2) is 0 Å². The molecular formula is C25H28N4O2. The number of H-pyrrole nitrogens is 1. The molecule has 0 spiro atoms. The van der Waals surface area contributed by atoms with Crippen LogP contribution in [0.2, 0.25) is 0 Å². The van der Waals surface area contributed by atoms with E-state index in [0.717, 1.165) is 24.2 Å². The van der Waals surface area contributed by atoms with Crippen molar-refractivity contribution >= 4 is 5.91 Å². The van der Waals surface area contributed by atoms with Gasteiger partial charge >= 0.3 is 0 Å². The molecule has 0 bridgehead atoms. The van der Waals surface area contributed by atoms with Crippen molar-refractivity contribution in [2.75, 3.05) is 26.7 Å².